The molecule has 0 atom stereocenters. The quantitative estimate of drug-likeness (QED) is 0.419. The molecule has 0 bridgehead atoms. The summed E-state index contributed by atoms with van der Waals surface area (Å²) in [4.78, 5) is 24.3. The molecule has 5 nitrogen and oxygen atoms in total. The van der Waals surface area contributed by atoms with Crippen molar-refractivity contribution in [3.05, 3.63) is 64.2 Å². The Balaban J connectivity index is 2.00. The predicted octanol–water partition coefficient (Wildman–Crippen LogP) is 4.07. The van der Waals surface area contributed by atoms with Gasteiger partial charge in [-0.05, 0) is 55.7 Å². The Morgan fingerprint density at radius 1 is 0.926 bits per heavy atom. The summed E-state index contributed by atoms with van der Waals surface area (Å²) in [7, 11) is 3.10. The first-order valence-electron chi connectivity index (χ1n) is 8.53. The molecule has 0 heterocycles. The first-order chi connectivity index (χ1) is 12.8. The van der Waals surface area contributed by atoms with Gasteiger partial charge in [0.15, 0.2) is 18.1 Å². The number of esters is 1. The second-order valence-electron chi connectivity index (χ2n) is 6.25. The number of carbonyl (C=O) groups is 2. The zero-order chi connectivity index (χ0) is 20.0. The summed E-state index contributed by atoms with van der Waals surface area (Å²) in [6.07, 6.45) is 2.88. The van der Waals surface area contributed by atoms with E-state index in [0.29, 0.717) is 17.1 Å². The minimum atomic E-state index is -0.583. The third kappa shape index (κ3) is 5.20. The number of rotatable bonds is 7. The molecule has 0 fully saturated rings. The van der Waals surface area contributed by atoms with Gasteiger partial charge in [-0.2, -0.15) is 0 Å². The fourth-order valence-electron chi connectivity index (χ4n) is 3.00. The lowest BCUT2D eigenvalue weighted by atomic mass is 9.97. The van der Waals surface area contributed by atoms with Gasteiger partial charge in [-0.25, -0.2) is 4.79 Å². The Kier molecular flexibility index (Phi) is 6.77. The molecule has 142 valence electrons. The normalized spacial score (nSPS) is 10.7. The lowest BCUT2D eigenvalue weighted by Crippen LogP contribution is -2.15. The van der Waals surface area contributed by atoms with Crippen LogP contribution in [0.3, 0.4) is 0 Å². The molecular weight excluding hydrogens is 344 g/mol. The number of Topliss-reactive ketones (excluding diaryl/α,β-unsaturated/α-hetero) is 1. The Morgan fingerprint density at radius 3 is 2.15 bits per heavy atom. The molecule has 0 saturated carbocycles. The first-order valence-corrected chi connectivity index (χ1v) is 8.53. The zero-order valence-electron chi connectivity index (χ0n) is 16.3. The van der Waals surface area contributed by atoms with Crippen LogP contribution in [0, 0.1) is 20.8 Å². The van der Waals surface area contributed by atoms with Gasteiger partial charge < -0.3 is 14.2 Å². The average molecular weight is 368 g/mol. The van der Waals surface area contributed by atoms with Crippen LogP contribution in [0.4, 0.5) is 0 Å². The largest absolute Gasteiger partial charge is 0.493 e. The van der Waals surface area contributed by atoms with Crippen molar-refractivity contribution in [1.82, 2.24) is 0 Å². The van der Waals surface area contributed by atoms with E-state index in [-0.39, 0.29) is 12.4 Å². The third-order valence-corrected chi connectivity index (χ3v) is 4.12. The highest BCUT2D eigenvalue weighted by molar-refractivity contribution is 6.01. The van der Waals surface area contributed by atoms with Gasteiger partial charge in [-0.15, -0.1) is 0 Å². The van der Waals surface area contributed by atoms with Crippen LogP contribution in [0.2, 0.25) is 0 Å². The lowest BCUT2D eigenvalue weighted by molar-refractivity contribution is -0.136. The molecule has 2 aromatic rings. The standard InChI is InChI=1S/C22H24O5/c1-14-10-15(2)22(16(3)11-14)18(23)13-27-21(24)9-7-17-6-8-19(25-4)20(12-17)26-5/h6-12H,13H2,1-5H3/b9-7+. The van der Waals surface area contributed by atoms with E-state index < -0.39 is 5.97 Å². The molecule has 0 radical (unpaired) electrons. The summed E-state index contributed by atoms with van der Waals surface area (Å²) in [5.74, 6) is 0.374. The molecule has 0 N–H and O–H groups in total. The van der Waals surface area contributed by atoms with E-state index in [2.05, 4.69) is 0 Å². The maximum Gasteiger partial charge on any atom is 0.331 e. The van der Waals surface area contributed by atoms with Gasteiger partial charge in [0.25, 0.3) is 0 Å². The second-order valence-corrected chi connectivity index (χ2v) is 6.25. The molecule has 0 aliphatic carbocycles. The van der Waals surface area contributed by atoms with Gasteiger partial charge in [-0.3, -0.25) is 4.79 Å². The summed E-state index contributed by atoms with van der Waals surface area (Å²) < 4.78 is 15.5. The van der Waals surface area contributed by atoms with Gasteiger partial charge in [0.2, 0.25) is 5.78 Å². The van der Waals surface area contributed by atoms with Crippen LogP contribution >= 0.6 is 0 Å². The minimum absolute atomic E-state index is 0.210. The fraction of sp³-hybridized carbons (Fsp3) is 0.273. The van der Waals surface area contributed by atoms with Crippen molar-refractivity contribution in [2.75, 3.05) is 20.8 Å². The second kappa shape index (κ2) is 9.03. The van der Waals surface area contributed by atoms with E-state index in [1.165, 1.54) is 6.08 Å². The molecule has 2 aromatic carbocycles. The monoisotopic (exact) mass is 368 g/mol. The first kappa shape index (κ1) is 20.2. The van der Waals surface area contributed by atoms with Crippen molar-refractivity contribution < 1.29 is 23.8 Å². The minimum Gasteiger partial charge on any atom is -0.493 e. The van der Waals surface area contributed by atoms with Crippen LogP contribution in [-0.2, 0) is 9.53 Å². The third-order valence-electron chi connectivity index (χ3n) is 4.12. The number of methoxy groups -OCH3 is 2. The highest BCUT2D eigenvalue weighted by Crippen LogP contribution is 2.28. The van der Waals surface area contributed by atoms with E-state index in [4.69, 9.17) is 14.2 Å². The van der Waals surface area contributed by atoms with Crippen LogP contribution < -0.4 is 9.47 Å². The molecule has 0 aromatic heterocycles. The lowest BCUT2D eigenvalue weighted by Gasteiger charge is -2.10. The van der Waals surface area contributed by atoms with Gasteiger partial charge >= 0.3 is 5.97 Å². The van der Waals surface area contributed by atoms with Crippen molar-refractivity contribution in [2.45, 2.75) is 20.8 Å². The van der Waals surface area contributed by atoms with Gasteiger partial charge in [0.1, 0.15) is 0 Å². The molecule has 27 heavy (non-hydrogen) atoms. The van der Waals surface area contributed by atoms with Crippen molar-refractivity contribution in [3.63, 3.8) is 0 Å². The fourth-order valence-corrected chi connectivity index (χ4v) is 3.00. The van der Waals surface area contributed by atoms with Gasteiger partial charge in [-0.1, -0.05) is 23.8 Å². The molecule has 0 spiro atoms. The summed E-state index contributed by atoms with van der Waals surface area (Å²) in [6, 6.07) is 9.16. The Morgan fingerprint density at radius 2 is 1.56 bits per heavy atom. The van der Waals surface area contributed by atoms with Crippen LogP contribution in [-0.4, -0.2) is 32.6 Å². The molecule has 2 rings (SSSR count). The highest BCUT2D eigenvalue weighted by atomic mass is 16.5. The van der Waals surface area contributed by atoms with E-state index >= 15 is 0 Å². The van der Waals surface area contributed by atoms with Crippen LogP contribution in [0.5, 0.6) is 11.5 Å². The van der Waals surface area contributed by atoms with E-state index in [1.807, 2.05) is 32.9 Å². The maximum absolute atomic E-state index is 12.4. The summed E-state index contributed by atoms with van der Waals surface area (Å²) in [5.41, 5.74) is 4.22. The molecule has 5 heteroatoms. The van der Waals surface area contributed by atoms with Gasteiger partial charge in [0.05, 0.1) is 14.2 Å². The van der Waals surface area contributed by atoms with E-state index in [0.717, 1.165) is 22.3 Å². The number of ketones is 1. The number of ether oxygens (including phenoxy) is 3. The number of aryl methyl sites for hydroxylation is 3. The average Bonchev–Trinajstić information content (AvgIpc) is 2.63. The molecular formula is C22H24O5. The number of benzene rings is 2. The smallest absolute Gasteiger partial charge is 0.331 e. The van der Waals surface area contributed by atoms with Crippen molar-refractivity contribution in [3.8, 4) is 11.5 Å². The molecule has 0 saturated heterocycles. The van der Waals surface area contributed by atoms with Crippen molar-refractivity contribution in [2.24, 2.45) is 0 Å². The predicted molar refractivity (Wildman–Crippen MR) is 105 cm³/mol. The Bertz CT molecular complexity index is 857. The molecule has 0 unspecified atom stereocenters. The summed E-state index contributed by atoms with van der Waals surface area (Å²) in [6.45, 7) is 5.45. The SMILES string of the molecule is COc1ccc(/C=C/C(=O)OCC(=O)c2c(C)cc(C)cc2C)cc1OC. The highest BCUT2D eigenvalue weighted by Gasteiger charge is 2.14. The topological polar surface area (TPSA) is 61.8 Å². The summed E-state index contributed by atoms with van der Waals surface area (Å²) in [5, 5.41) is 0. The van der Waals surface area contributed by atoms with E-state index in [1.54, 1.807) is 38.5 Å². The maximum atomic E-state index is 12.4. The number of hydrogen-bond donors (Lipinski definition) is 0. The van der Waals surface area contributed by atoms with Crippen molar-refractivity contribution >= 4 is 17.8 Å². The Labute approximate surface area is 159 Å². The summed E-state index contributed by atoms with van der Waals surface area (Å²) >= 11 is 0. The number of carbonyl (C=O) groups excluding carboxylic acids is 2. The van der Waals surface area contributed by atoms with Crippen molar-refractivity contribution in [1.29, 1.82) is 0 Å². The molecule has 0 aliphatic rings. The molecule has 0 aliphatic heterocycles. The van der Waals surface area contributed by atoms with Crippen LogP contribution in [0.25, 0.3) is 6.08 Å². The van der Waals surface area contributed by atoms with Crippen LogP contribution in [0.15, 0.2) is 36.4 Å². The molecule has 0 amide bonds. The zero-order valence-corrected chi connectivity index (χ0v) is 16.3. The van der Waals surface area contributed by atoms with E-state index in [9.17, 15) is 9.59 Å². The van der Waals surface area contributed by atoms with Crippen LogP contribution in [0.1, 0.15) is 32.6 Å². The Hall–Kier alpha value is -3.08. The number of hydrogen-bond acceptors (Lipinski definition) is 5. The van der Waals surface area contributed by atoms with Gasteiger partial charge in [0, 0.05) is 11.6 Å².